The molecule has 2 heterocycles. The van der Waals surface area contributed by atoms with E-state index in [4.69, 9.17) is 33.6 Å². The van der Waals surface area contributed by atoms with Crippen LogP contribution in [-0.2, 0) is 11.2 Å². The summed E-state index contributed by atoms with van der Waals surface area (Å²) in [5, 5.41) is 14.7. The average Bonchev–Trinajstić information content (AvgIpc) is 3.19. The van der Waals surface area contributed by atoms with Gasteiger partial charge in [0.25, 0.3) is 0 Å². The zero-order valence-corrected chi connectivity index (χ0v) is 17.8. The van der Waals surface area contributed by atoms with Crippen molar-refractivity contribution in [3.05, 3.63) is 23.7 Å². The van der Waals surface area contributed by atoms with E-state index >= 15 is 0 Å². The van der Waals surface area contributed by atoms with Crippen LogP contribution in [0.25, 0.3) is 0 Å². The fourth-order valence-electron chi connectivity index (χ4n) is 2.47. The molecule has 1 aromatic heterocycles. The van der Waals surface area contributed by atoms with Gasteiger partial charge in [0.2, 0.25) is 0 Å². The van der Waals surface area contributed by atoms with Crippen LogP contribution in [0.4, 0.5) is 0 Å². The van der Waals surface area contributed by atoms with Crippen molar-refractivity contribution in [3.63, 3.8) is 0 Å². The summed E-state index contributed by atoms with van der Waals surface area (Å²) in [5.74, 6) is 1.49. The Labute approximate surface area is 175 Å². The van der Waals surface area contributed by atoms with E-state index in [9.17, 15) is 0 Å². The van der Waals surface area contributed by atoms with E-state index in [0.29, 0.717) is 21.7 Å². The zero-order chi connectivity index (χ0) is 20.2. The third kappa shape index (κ3) is 7.89. The molecule has 1 aliphatic heterocycles. The fourth-order valence-corrected chi connectivity index (χ4v) is 2.57. The highest BCUT2D eigenvalue weighted by Crippen LogP contribution is 2.11. The maximum atomic E-state index is 5.94. The molecule has 28 heavy (non-hydrogen) atoms. The highest BCUT2D eigenvalue weighted by Gasteiger charge is 2.12. The third-order valence-corrected chi connectivity index (χ3v) is 4.59. The van der Waals surface area contributed by atoms with Gasteiger partial charge in [0.05, 0.1) is 19.4 Å². The van der Waals surface area contributed by atoms with Crippen molar-refractivity contribution in [2.45, 2.75) is 12.8 Å². The molecule has 0 saturated carbocycles. The first-order valence-electron chi connectivity index (χ1n) is 9.07. The Morgan fingerprint density at radius 3 is 2.57 bits per heavy atom. The molecule has 4 N–H and O–H groups in total. The summed E-state index contributed by atoms with van der Waals surface area (Å²) in [7, 11) is 3.42. The summed E-state index contributed by atoms with van der Waals surface area (Å²) in [5.41, 5.74) is 5.92. The van der Waals surface area contributed by atoms with Crippen molar-refractivity contribution in [2.75, 3.05) is 46.9 Å². The van der Waals surface area contributed by atoms with Crippen molar-refractivity contribution >= 4 is 46.6 Å². The van der Waals surface area contributed by atoms with Gasteiger partial charge >= 0.3 is 0 Å². The average molecular weight is 426 g/mol. The number of ether oxygens (including phenoxy) is 1. The molecule has 1 fully saturated rings. The number of furan rings is 1. The first kappa shape index (κ1) is 22.2. The minimum Gasteiger partial charge on any atom is -0.459 e. The second kappa shape index (κ2) is 12.4. The summed E-state index contributed by atoms with van der Waals surface area (Å²) in [4.78, 5) is 2.41. The molecule has 0 aliphatic carbocycles. The van der Waals surface area contributed by atoms with Gasteiger partial charge in [-0.2, -0.15) is 10.2 Å². The van der Waals surface area contributed by atoms with Crippen LogP contribution in [0.1, 0.15) is 17.9 Å². The molecule has 0 amide bonds. The largest absolute Gasteiger partial charge is 0.459 e. The van der Waals surface area contributed by atoms with Gasteiger partial charge in [-0.05, 0) is 49.5 Å². The highest BCUT2D eigenvalue weighted by atomic mass is 32.1. The van der Waals surface area contributed by atoms with E-state index < -0.39 is 0 Å². The predicted molar refractivity (Wildman–Crippen MR) is 119 cm³/mol. The lowest BCUT2D eigenvalue weighted by Crippen LogP contribution is -2.36. The molecule has 2 rings (SSSR count). The van der Waals surface area contributed by atoms with Crippen molar-refractivity contribution in [3.8, 4) is 0 Å². The minimum absolute atomic E-state index is 0.391. The smallest absolute Gasteiger partial charge is 0.186 e. The van der Waals surface area contributed by atoms with E-state index in [1.165, 1.54) is 6.21 Å². The van der Waals surface area contributed by atoms with Gasteiger partial charge in [-0.25, -0.2) is 0 Å². The van der Waals surface area contributed by atoms with E-state index in [1.54, 1.807) is 14.1 Å². The number of nitrogens with one attached hydrogen (secondary N) is 4. The quantitative estimate of drug-likeness (QED) is 0.268. The first-order valence-corrected chi connectivity index (χ1v) is 9.89. The van der Waals surface area contributed by atoms with Crippen LogP contribution in [-0.4, -0.2) is 74.0 Å². The summed E-state index contributed by atoms with van der Waals surface area (Å²) >= 11 is 10.1. The Hall–Kier alpha value is -2.08. The number of hydrogen-bond acceptors (Lipinski definition) is 7. The molecule has 1 aliphatic rings. The van der Waals surface area contributed by atoms with Crippen LogP contribution in [0.5, 0.6) is 0 Å². The minimum atomic E-state index is 0.391. The number of nitrogens with zero attached hydrogens (tertiary/aromatic N) is 3. The van der Waals surface area contributed by atoms with E-state index in [0.717, 1.165) is 51.4 Å². The van der Waals surface area contributed by atoms with Gasteiger partial charge in [-0.3, -0.25) is 15.8 Å². The van der Waals surface area contributed by atoms with Crippen LogP contribution < -0.4 is 21.5 Å². The molecule has 154 valence electrons. The van der Waals surface area contributed by atoms with Gasteiger partial charge in [0, 0.05) is 33.6 Å². The Morgan fingerprint density at radius 1 is 1.14 bits per heavy atom. The molecule has 11 heteroatoms. The Balaban J connectivity index is 1.95. The van der Waals surface area contributed by atoms with Crippen LogP contribution in [0.2, 0.25) is 0 Å². The summed E-state index contributed by atoms with van der Waals surface area (Å²) in [6, 6.07) is 3.83. The molecule has 1 aromatic rings. The van der Waals surface area contributed by atoms with Crippen LogP contribution in [0.3, 0.4) is 0 Å². The second-order valence-corrected chi connectivity index (χ2v) is 6.78. The van der Waals surface area contributed by atoms with E-state index in [2.05, 4.69) is 36.6 Å². The number of hydrogen-bond donors (Lipinski definition) is 4. The molecule has 0 radical (unpaired) electrons. The summed E-state index contributed by atoms with van der Waals surface area (Å²) in [6.45, 7) is 4.66. The maximum absolute atomic E-state index is 5.94. The Kier molecular flexibility index (Phi) is 9.83. The van der Waals surface area contributed by atoms with Crippen LogP contribution in [0, 0.1) is 0 Å². The number of hydrazone groups is 2. The topological polar surface area (TPSA) is 98.5 Å². The highest BCUT2D eigenvalue weighted by molar-refractivity contribution is 7.80. The Morgan fingerprint density at radius 2 is 1.86 bits per heavy atom. The zero-order valence-electron chi connectivity index (χ0n) is 16.2. The number of thiocarbonyl (C=S) groups is 2. The predicted octanol–water partition coefficient (Wildman–Crippen LogP) is 0.422. The lowest BCUT2D eigenvalue weighted by molar-refractivity contribution is 0.0373. The van der Waals surface area contributed by atoms with Gasteiger partial charge in [0.1, 0.15) is 11.5 Å². The van der Waals surface area contributed by atoms with Crippen molar-refractivity contribution in [1.29, 1.82) is 0 Å². The normalized spacial score (nSPS) is 15.4. The second-order valence-electron chi connectivity index (χ2n) is 5.96. The molecule has 1 saturated heterocycles. The fraction of sp³-hybridized carbons (Fsp3) is 0.529. The van der Waals surface area contributed by atoms with E-state index in [-0.39, 0.29) is 0 Å². The van der Waals surface area contributed by atoms with Crippen LogP contribution in [0.15, 0.2) is 26.8 Å². The molecular formula is C17H27N7O2S2. The molecular weight excluding hydrogens is 398 g/mol. The molecule has 0 bridgehead atoms. The molecule has 0 aromatic carbocycles. The van der Waals surface area contributed by atoms with E-state index in [1.807, 2.05) is 12.1 Å². The maximum Gasteiger partial charge on any atom is 0.186 e. The first-order chi connectivity index (χ1) is 13.6. The van der Waals surface area contributed by atoms with Crippen molar-refractivity contribution in [1.82, 2.24) is 26.4 Å². The van der Waals surface area contributed by atoms with Crippen molar-refractivity contribution < 1.29 is 9.15 Å². The Bertz CT molecular complexity index is 699. The molecule has 0 spiro atoms. The lowest BCUT2D eigenvalue weighted by atomic mass is 10.2. The monoisotopic (exact) mass is 425 g/mol. The van der Waals surface area contributed by atoms with Crippen molar-refractivity contribution in [2.24, 2.45) is 10.2 Å². The number of rotatable bonds is 8. The number of aryl methyl sites for hydroxylation is 1. The van der Waals surface area contributed by atoms with Gasteiger partial charge in [0.15, 0.2) is 16.0 Å². The summed E-state index contributed by atoms with van der Waals surface area (Å²) in [6.07, 6.45) is 3.39. The molecule has 9 nitrogen and oxygen atoms in total. The standard InChI is InChI=1S/C17H27N7O2S2/c1-18-16(27)22-20-12-14(21-23-17(28)19-2)15-6-5-13(26-15)4-3-7-24-8-10-25-11-9-24/h5-6,12H,3-4,7-11H2,1-2H3,(H2,18,22,27)(H2,19,23,28)/b20-12+,21-14+. The molecule has 0 unspecified atom stereocenters. The third-order valence-electron chi connectivity index (χ3n) is 4.00. The molecule has 0 atom stereocenters. The SMILES string of the molecule is CNC(=S)N/N=C/C(=N\NC(=S)NC)c1ccc(CCCN2CCOCC2)o1. The summed E-state index contributed by atoms with van der Waals surface area (Å²) < 4.78 is 11.3. The van der Waals surface area contributed by atoms with Gasteiger partial charge in [-0.15, -0.1) is 0 Å². The van der Waals surface area contributed by atoms with Crippen LogP contribution >= 0.6 is 24.4 Å². The lowest BCUT2D eigenvalue weighted by Gasteiger charge is -2.26. The van der Waals surface area contributed by atoms with Gasteiger partial charge in [-0.1, -0.05) is 0 Å². The van der Waals surface area contributed by atoms with Gasteiger partial charge < -0.3 is 19.8 Å². The number of morpholine rings is 1.